The number of hydrogen-bond donors (Lipinski definition) is 4. The van der Waals surface area contributed by atoms with Crippen molar-refractivity contribution in [3.05, 3.63) is 65.9 Å². The first-order valence-corrected chi connectivity index (χ1v) is 10.8. The number of carbonyl (C=O) groups is 1. The molecule has 2 aromatic rings. The maximum Gasteiger partial charge on any atom is 0.294 e. The molecule has 0 radical (unpaired) electrons. The van der Waals surface area contributed by atoms with Crippen LogP contribution in [-0.4, -0.2) is 27.3 Å². The molecule has 0 aliphatic rings. The van der Waals surface area contributed by atoms with Crippen LogP contribution in [0.1, 0.15) is 5.56 Å². The van der Waals surface area contributed by atoms with Crippen LogP contribution in [0, 0.1) is 11.3 Å². The number of hydrogen-bond acceptors (Lipinski definition) is 7. The van der Waals surface area contributed by atoms with Crippen molar-refractivity contribution in [1.29, 1.82) is 5.26 Å². The molecule has 29 heavy (non-hydrogen) atoms. The van der Waals surface area contributed by atoms with Gasteiger partial charge in [-0.25, -0.2) is 13.6 Å². The van der Waals surface area contributed by atoms with Gasteiger partial charge in [-0.15, -0.1) is 0 Å². The van der Waals surface area contributed by atoms with Crippen LogP contribution in [0.3, 0.4) is 0 Å². The van der Waals surface area contributed by atoms with Gasteiger partial charge in [-0.05, 0) is 42.0 Å². The minimum absolute atomic E-state index is 0.0334. The Morgan fingerprint density at radius 3 is 2.07 bits per heavy atom. The molecule has 0 aromatic heterocycles. The van der Waals surface area contributed by atoms with Gasteiger partial charge in [0.2, 0.25) is 10.0 Å². The van der Waals surface area contributed by atoms with E-state index in [-0.39, 0.29) is 27.6 Å². The highest BCUT2D eigenvalue weighted by molar-refractivity contribution is 7.89. The SMILES string of the molecule is N#C/C(=C/NCc1ccc(S(N)(=O)=O)cc1)C(=O)Nc1ccc(S(=O)(=O)O)cc1. The van der Waals surface area contributed by atoms with E-state index in [1.165, 1.54) is 42.6 Å². The number of primary sulfonamides is 1. The smallest absolute Gasteiger partial charge is 0.294 e. The van der Waals surface area contributed by atoms with Crippen molar-refractivity contribution in [2.75, 3.05) is 5.32 Å². The van der Waals surface area contributed by atoms with E-state index in [2.05, 4.69) is 10.6 Å². The third-order valence-electron chi connectivity index (χ3n) is 3.58. The summed E-state index contributed by atoms with van der Waals surface area (Å²) in [6, 6.07) is 12.2. The fraction of sp³-hybridized carbons (Fsp3) is 0.0588. The van der Waals surface area contributed by atoms with Crippen LogP contribution in [0.15, 0.2) is 70.1 Å². The van der Waals surface area contributed by atoms with Gasteiger partial charge in [0.15, 0.2) is 0 Å². The molecule has 0 spiro atoms. The predicted molar refractivity (Wildman–Crippen MR) is 103 cm³/mol. The number of benzene rings is 2. The lowest BCUT2D eigenvalue weighted by Gasteiger charge is -2.06. The van der Waals surface area contributed by atoms with Gasteiger partial charge < -0.3 is 10.6 Å². The fourth-order valence-corrected chi connectivity index (χ4v) is 3.12. The normalized spacial score (nSPS) is 12.1. The molecule has 1 amide bonds. The summed E-state index contributed by atoms with van der Waals surface area (Å²) in [5.74, 6) is -0.732. The molecule has 10 nitrogen and oxygen atoms in total. The average molecular weight is 436 g/mol. The van der Waals surface area contributed by atoms with Gasteiger partial charge in [0.1, 0.15) is 11.6 Å². The lowest BCUT2D eigenvalue weighted by atomic mass is 10.2. The minimum atomic E-state index is -4.35. The van der Waals surface area contributed by atoms with Crippen LogP contribution in [0.4, 0.5) is 5.69 Å². The number of sulfonamides is 1. The zero-order chi connectivity index (χ0) is 21.7. The summed E-state index contributed by atoms with van der Waals surface area (Å²) < 4.78 is 53.3. The van der Waals surface area contributed by atoms with Crippen molar-refractivity contribution in [3.8, 4) is 6.07 Å². The summed E-state index contributed by atoms with van der Waals surface area (Å²) in [6.07, 6.45) is 1.19. The molecule has 0 saturated carbocycles. The first-order chi connectivity index (χ1) is 13.5. The second-order valence-corrected chi connectivity index (χ2v) is 8.68. The molecule has 2 rings (SSSR count). The van der Waals surface area contributed by atoms with Crippen molar-refractivity contribution in [3.63, 3.8) is 0 Å². The number of rotatable bonds is 7. The Morgan fingerprint density at radius 1 is 1.03 bits per heavy atom. The maximum absolute atomic E-state index is 12.1. The molecule has 0 aliphatic carbocycles. The lowest BCUT2D eigenvalue weighted by molar-refractivity contribution is -0.112. The molecule has 5 N–H and O–H groups in total. The molecule has 0 heterocycles. The van der Waals surface area contributed by atoms with Crippen molar-refractivity contribution < 1.29 is 26.2 Å². The zero-order valence-electron chi connectivity index (χ0n) is 14.7. The zero-order valence-corrected chi connectivity index (χ0v) is 16.4. The Bertz CT molecular complexity index is 1180. The molecule has 12 heteroatoms. The molecule has 152 valence electrons. The molecule has 2 aromatic carbocycles. The fourth-order valence-electron chi connectivity index (χ4n) is 2.13. The van der Waals surface area contributed by atoms with E-state index in [4.69, 9.17) is 15.0 Å². The largest absolute Gasteiger partial charge is 0.386 e. The number of nitrogens with two attached hydrogens (primary N) is 1. The van der Waals surface area contributed by atoms with Gasteiger partial charge in [0.05, 0.1) is 9.79 Å². The number of nitriles is 1. The molecule has 0 aliphatic heterocycles. The highest BCUT2D eigenvalue weighted by Crippen LogP contribution is 2.14. The molecule has 0 bridgehead atoms. The highest BCUT2D eigenvalue weighted by atomic mass is 32.2. The molecular formula is C17H16N4O6S2. The maximum atomic E-state index is 12.1. The summed E-state index contributed by atoms with van der Waals surface area (Å²) >= 11 is 0. The molecule has 0 unspecified atom stereocenters. The standard InChI is InChI=1S/C17H16N4O6S2/c18-9-13(11-20-10-12-1-5-15(6-2-12)28(19,23)24)17(22)21-14-3-7-16(8-4-14)29(25,26)27/h1-8,11,20H,10H2,(H,21,22)(H2,19,23,24)(H,25,26,27)/b13-11-. The van der Waals surface area contributed by atoms with Crippen molar-refractivity contribution in [2.24, 2.45) is 5.14 Å². The van der Waals surface area contributed by atoms with Gasteiger partial charge in [0, 0.05) is 18.4 Å². The van der Waals surface area contributed by atoms with Crippen LogP contribution in [0.2, 0.25) is 0 Å². The third kappa shape index (κ3) is 6.40. The van der Waals surface area contributed by atoms with E-state index >= 15 is 0 Å². The highest BCUT2D eigenvalue weighted by Gasteiger charge is 2.12. The Morgan fingerprint density at radius 2 is 1.59 bits per heavy atom. The number of nitrogens with zero attached hydrogens (tertiary/aromatic N) is 1. The van der Waals surface area contributed by atoms with Crippen LogP contribution < -0.4 is 15.8 Å². The van der Waals surface area contributed by atoms with Gasteiger partial charge >= 0.3 is 0 Å². The van der Waals surface area contributed by atoms with E-state index in [0.717, 1.165) is 12.1 Å². The second kappa shape index (κ2) is 8.84. The van der Waals surface area contributed by atoms with E-state index in [9.17, 15) is 21.6 Å². The molecule has 0 fully saturated rings. The van der Waals surface area contributed by atoms with Crippen molar-refractivity contribution in [1.82, 2.24) is 5.32 Å². The molecule has 0 atom stereocenters. The quantitative estimate of drug-likeness (QED) is 0.278. The van der Waals surface area contributed by atoms with E-state index < -0.39 is 26.0 Å². The van der Waals surface area contributed by atoms with Crippen LogP contribution >= 0.6 is 0 Å². The average Bonchev–Trinajstić information content (AvgIpc) is 2.64. The molecule has 0 saturated heterocycles. The summed E-state index contributed by atoms with van der Waals surface area (Å²) in [4.78, 5) is 11.8. The minimum Gasteiger partial charge on any atom is -0.386 e. The summed E-state index contributed by atoms with van der Waals surface area (Å²) in [6.45, 7) is 0.215. The van der Waals surface area contributed by atoms with E-state index in [0.29, 0.717) is 5.56 Å². The Hall–Kier alpha value is -3.24. The number of amides is 1. The number of nitrogens with one attached hydrogen (secondary N) is 2. The first kappa shape index (κ1) is 22.1. The third-order valence-corrected chi connectivity index (χ3v) is 5.38. The second-order valence-electron chi connectivity index (χ2n) is 5.69. The van der Waals surface area contributed by atoms with E-state index in [1.54, 1.807) is 6.07 Å². The van der Waals surface area contributed by atoms with Crippen molar-refractivity contribution in [2.45, 2.75) is 16.3 Å². The van der Waals surface area contributed by atoms with Crippen LogP contribution in [0.25, 0.3) is 0 Å². The van der Waals surface area contributed by atoms with Gasteiger partial charge in [-0.3, -0.25) is 9.35 Å². The van der Waals surface area contributed by atoms with Gasteiger partial charge in [-0.1, -0.05) is 12.1 Å². The Labute approximate surface area is 167 Å². The number of anilines is 1. The predicted octanol–water partition coefficient (Wildman–Crippen LogP) is 0.716. The van der Waals surface area contributed by atoms with Gasteiger partial charge in [-0.2, -0.15) is 13.7 Å². The Balaban J connectivity index is 2.00. The summed E-state index contributed by atoms with van der Waals surface area (Å²) in [5, 5.41) is 19.3. The van der Waals surface area contributed by atoms with Gasteiger partial charge in [0.25, 0.3) is 16.0 Å². The first-order valence-electron chi connectivity index (χ1n) is 7.85. The summed E-state index contributed by atoms with van der Waals surface area (Å²) in [7, 11) is -8.13. The lowest BCUT2D eigenvalue weighted by Crippen LogP contribution is -2.17. The monoisotopic (exact) mass is 436 g/mol. The Kier molecular flexibility index (Phi) is 6.72. The number of carbonyl (C=O) groups excluding carboxylic acids is 1. The van der Waals surface area contributed by atoms with E-state index in [1.807, 2.05) is 0 Å². The van der Waals surface area contributed by atoms with Crippen LogP contribution in [0.5, 0.6) is 0 Å². The summed E-state index contributed by atoms with van der Waals surface area (Å²) in [5.41, 5.74) is 0.666. The molecular weight excluding hydrogens is 420 g/mol. The topological polar surface area (TPSA) is 179 Å². The van der Waals surface area contributed by atoms with Crippen molar-refractivity contribution >= 4 is 31.7 Å². The van der Waals surface area contributed by atoms with Crippen LogP contribution in [-0.2, 0) is 31.5 Å².